The van der Waals surface area contributed by atoms with Gasteiger partial charge in [0.05, 0.1) is 6.61 Å². The van der Waals surface area contributed by atoms with E-state index < -0.39 is 0 Å². The maximum Gasteiger partial charge on any atom is 0.276 e. The van der Waals surface area contributed by atoms with E-state index in [0.29, 0.717) is 42.3 Å². The zero-order chi connectivity index (χ0) is 20.6. The minimum Gasteiger partial charge on any atom is -0.381 e. The van der Waals surface area contributed by atoms with Gasteiger partial charge < -0.3 is 24.8 Å². The molecule has 0 spiro atoms. The average molecular weight is 541 g/mol. The van der Waals surface area contributed by atoms with Gasteiger partial charge in [0.2, 0.25) is 0 Å². The predicted octanol–water partition coefficient (Wildman–Crippen LogP) is 1.96. The molecule has 2 saturated heterocycles. The first-order valence-corrected chi connectivity index (χ1v) is 10.8. The number of likely N-dealkylation sites (tertiary alicyclic amines) is 1. The smallest absolute Gasteiger partial charge is 0.276 e. The van der Waals surface area contributed by atoms with Crippen molar-refractivity contribution >= 4 is 29.9 Å². The molecular weight excluding hydrogens is 509 g/mol. The first-order chi connectivity index (χ1) is 14.8. The van der Waals surface area contributed by atoms with Gasteiger partial charge in [-0.1, -0.05) is 11.2 Å². The van der Waals surface area contributed by atoms with Crippen LogP contribution in [-0.4, -0.2) is 78.5 Å². The van der Waals surface area contributed by atoms with Gasteiger partial charge in [-0.3, -0.25) is 9.98 Å². The zero-order valence-electron chi connectivity index (χ0n) is 18.0. The van der Waals surface area contributed by atoms with Crippen LogP contribution < -0.4 is 10.6 Å². The molecule has 1 atom stereocenters. The van der Waals surface area contributed by atoms with E-state index >= 15 is 0 Å². The predicted molar refractivity (Wildman–Crippen MR) is 130 cm³/mol. The summed E-state index contributed by atoms with van der Waals surface area (Å²) in [6.07, 6.45) is 5.83. The summed E-state index contributed by atoms with van der Waals surface area (Å²) in [4.78, 5) is 15.6. The van der Waals surface area contributed by atoms with Crippen molar-refractivity contribution in [2.45, 2.75) is 31.7 Å². The van der Waals surface area contributed by atoms with Crippen LogP contribution in [0.2, 0.25) is 0 Å². The van der Waals surface area contributed by atoms with Crippen LogP contribution in [0.4, 0.5) is 0 Å². The molecule has 0 aliphatic carbocycles. The van der Waals surface area contributed by atoms with Gasteiger partial charge in [0, 0.05) is 58.5 Å². The lowest BCUT2D eigenvalue weighted by molar-refractivity contribution is 0.150. The molecule has 2 N–H and O–H groups in total. The number of ether oxygens (including phenoxy) is 1. The van der Waals surface area contributed by atoms with Crippen molar-refractivity contribution in [3.8, 4) is 11.6 Å². The summed E-state index contributed by atoms with van der Waals surface area (Å²) in [5, 5.41) is 10.9. The van der Waals surface area contributed by atoms with Crippen LogP contribution in [0.3, 0.4) is 0 Å². The Morgan fingerprint density at radius 2 is 2.13 bits per heavy atom. The molecule has 0 bridgehead atoms. The molecule has 0 aromatic carbocycles. The monoisotopic (exact) mass is 541 g/mol. The molecule has 0 radical (unpaired) electrons. The normalized spacial score (nSPS) is 20.4. The van der Waals surface area contributed by atoms with Crippen LogP contribution in [0.1, 0.15) is 25.1 Å². The number of piperidine rings is 1. The number of guanidine groups is 1. The number of hydrogen-bond donors (Lipinski definition) is 2. The number of nitrogens with one attached hydrogen (secondary N) is 2. The maximum absolute atomic E-state index is 5.50. The molecule has 31 heavy (non-hydrogen) atoms. The van der Waals surface area contributed by atoms with E-state index in [1.807, 2.05) is 18.2 Å². The molecule has 2 aromatic rings. The van der Waals surface area contributed by atoms with Gasteiger partial charge >= 0.3 is 0 Å². The Morgan fingerprint density at radius 3 is 2.84 bits per heavy atom. The molecule has 2 fully saturated rings. The average Bonchev–Trinajstić information content (AvgIpc) is 3.47. The summed E-state index contributed by atoms with van der Waals surface area (Å²) in [6.45, 7) is 5.97. The number of pyridine rings is 1. The first-order valence-electron chi connectivity index (χ1n) is 10.8. The Kier molecular flexibility index (Phi) is 9.47. The van der Waals surface area contributed by atoms with Crippen molar-refractivity contribution in [1.82, 2.24) is 30.7 Å². The molecule has 4 rings (SSSR count). The molecule has 0 amide bonds. The van der Waals surface area contributed by atoms with Crippen LogP contribution in [-0.2, 0) is 11.2 Å². The lowest BCUT2D eigenvalue weighted by Gasteiger charge is -2.34. The third-order valence-corrected chi connectivity index (χ3v) is 5.69. The number of nitrogens with zero attached hydrogens (tertiary/aromatic N) is 5. The van der Waals surface area contributed by atoms with Crippen molar-refractivity contribution in [3.63, 3.8) is 0 Å². The van der Waals surface area contributed by atoms with E-state index in [4.69, 9.17) is 9.26 Å². The van der Waals surface area contributed by atoms with Crippen molar-refractivity contribution in [1.29, 1.82) is 0 Å². The third-order valence-electron chi connectivity index (χ3n) is 5.69. The van der Waals surface area contributed by atoms with Crippen LogP contribution in [0.5, 0.6) is 0 Å². The van der Waals surface area contributed by atoms with E-state index in [1.54, 1.807) is 13.2 Å². The summed E-state index contributed by atoms with van der Waals surface area (Å²) < 4.78 is 10.8. The Bertz CT molecular complexity index is 803. The fourth-order valence-electron chi connectivity index (χ4n) is 3.98. The molecule has 10 heteroatoms. The molecule has 1 unspecified atom stereocenters. The highest BCUT2D eigenvalue weighted by Gasteiger charge is 2.24. The quantitative estimate of drug-likeness (QED) is 0.312. The first kappa shape index (κ1) is 23.9. The van der Waals surface area contributed by atoms with E-state index in [0.717, 1.165) is 45.1 Å². The Morgan fingerprint density at radius 1 is 1.26 bits per heavy atom. The largest absolute Gasteiger partial charge is 0.381 e. The summed E-state index contributed by atoms with van der Waals surface area (Å²) >= 11 is 0. The molecular formula is C21H32IN7O2. The second-order valence-corrected chi connectivity index (χ2v) is 7.93. The number of hydrogen-bond acceptors (Lipinski definition) is 7. The minimum absolute atomic E-state index is 0. The zero-order valence-corrected chi connectivity index (χ0v) is 20.3. The lowest BCUT2D eigenvalue weighted by Crippen LogP contribution is -2.49. The molecule has 9 nitrogen and oxygen atoms in total. The van der Waals surface area contributed by atoms with Crippen molar-refractivity contribution < 1.29 is 9.26 Å². The molecule has 0 saturated carbocycles. The van der Waals surface area contributed by atoms with Gasteiger partial charge in [0.15, 0.2) is 11.8 Å². The van der Waals surface area contributed by atoms with Crippen molar-refractivity contribution in [2.24, 2.45) is 10.9 Å². The number of halogens is 1. The maximum atomic E-state index is 5.50. The van der Waals surface area contributed by atoms with Gasteiger partial charge in [-0.05, 0) is 37.3 Å². The molecule has 170 valence electrons. The highest BCUT2D eigenvalue weighted by molar-refractivity contribution is 14.0. The van der Waals surface area contributed by atoms with Gasteiger partial charge in [-0.15, -0.1) is 24.0 Å². The van der Waals surface area contributed by atoms with Gasteiger partial charge in [0.25, 0.3) is 5.89 Å². The SMILES string of the molecule is CN=C(NCCc1noc(-c2ccccn2)n1)NC1CCN(CC2CCOC2)CC1.I. The second-order valence-electron chi connectivity index (χ2n) is 7.93. The Balaban J connectivity index is 0.00000272. The number of rotatable bonds is 7. The summed E-state index contributed by atoms with van der Waals surface area (Å²) in [5.41, 5.74) is 0.688. The van der Waals surface area contributed by atoms with E-state index in [2.05, 4.69) is 35.7 Å². The number of aliphatic imine (C=N–C) groups is 1. The van der Waals surface area contributed by atoms with Crippen LogP contribution in [0, 0.1) is 5.92 Å². The van der Waals surface area contributed by atoms with E-state index in [-0.39, 0.29) is 24.0 Å². The van der Waals surface area contributed by atoms with Crippen LogP contribution in [0.25, 0.3) is 11.6 Å². The summed E-state index contributed by atoms with van der Waals surface area (Å²) in [5.74, 6) is 2.64. The highest BCUT2D eigenvalue weighted by Crippen LogP contribution is 2.17. The van der Waals surface area contributed by atoms with Crippen LogP contribution in [0.15, 0.2) is 33.9 Å². The summed E-state index contributed by atoms with van der Waals surface area (Å²) in [6, 6.07) is 6.07. The van der Waals surface area contributed by atoms with Gasteiger partial charge in [0.1, 0.15) is 5.69 Å². The highest BCUT2D eigenvalue weighted by atomic mass is 127. The fraction of sp³-hybridized carbons (Fsp3) is 0.619. The van der Waals surface area contributed by atoms with Crippen molar-refractivity contribution in [3.05, 3.63) is 30.2 Å². The van der Waals surface area contributed by atoms with Crippen LogP contribution >= 0.6 is 24.0 Å². The Hall–Kier alpha value is -1.79. The van der Waals surface area contributed by atoms with E-state index in [1.165, 1.54) is 13.0 Å². The number of aromatic nitrogens is 3. The topological polar surface area (TPSA) is 101 Å². The third kappa shape index (κ3) is 7.11. The Labute approximate surface area is 200 Å². The van der Waals surface area contributed by atoms with Gasteiger partial charge in [-0.2, -0.15) is 4.98 Å². The summed E-state index contributed by atoms with van der Waals surface area (Å²) in [7, 11) is 1.80. The van der Waals surface area contributed by atoms with Crippen molar-refractivity contribution in [2.75, 3.05) is 46.4 Å². The van der Waals surface area contributed by atoms with Gasteiger partial charge in [-0.25, -0.2) is 0 Å². The lowest BCUT2D eigenvalue weighted by atomic mass is 10.0. The molecule has 2 aliphatic rings. The minimum atomic E-state index is 0. The standard InChI is InChI=1S/C21H31N7O2.HI/c1-22-21(25-17-6-11-28(12-7-17)14-16-8-13-29-15-16)24-10-5-19-26-20(30-27-19)18-4-2-3-9-23-18;/h2-4,9,16-17H,5-8,10-15H2,1H3,(H2,22,24,25);1H. The van der Waals surface area contributed by atoms with E-state index in [9.17, 15) is 0 Å². The molecule has 2 aromatic heterocycles. The molecule has 2 aliphatic heterocycles. The second kappa shape index (κ2) is 12.3. The fourth-order valence-corrected chi connectivity index (χ4v) is 3.98. The molecule has 4 heterocycles.